The smallest absolute Gasteiger partial charge is 0.268 e. The summed E-state index contributed by atoms with van der Waals surface area (Å²) in [5.41, 5.74) is 0. The van der Waals surface area contributed by atoms with E-state index < -0.39 is 20.0 Å². The number of aliphatic hydroxyl groups is 1. The number of quaternary nitrogens is 1. The van der Waals surface area contributed by atoms with Crippen LogP contribution in [0.2, 0.25) is 0 Å². The molecular formula is C65H125N2O6P. The number of hydrogen-bond donors (Lipinski definition) is 2. The van der Waals surface area contributed by atoms with Crippen molar-refractivity contribution < 1.29 is 32.9 Å². The number of phosphoric ester groups is 1. The largest absolute Gasteiger partial charge is 0.756 e. The maximum Gasteiger partial charge on any atom is 0.268 e. The van der Waals surface area contributed by atoms with Crippen LogP contribution in [-0.2, 0) is 18.4 Å². The van der Waals surface area contributed by atoms with E-state index in [0.29, 0.717) is 17.4 Å². The van der Waals surface area contributed by atoms with Gasteiger partial charge in [0, 0.05) is 6.42 Å². The molecule has 0 saturated carbocycles. The molecule has 0 heterocycles. The number of phosphoric acid groups is 1. The van der Waals surface area contributed by atoms with E-state index in [2.05, 4.69) is 55.6 Å². The van der Waals surface area contributed by atoms with Gasteiger partial charge in [0.15, 0.2) is 0 Å². The van der Waals surface area contributed by atoms with Gasteiger partial charge in [-0.1, -0.05) is 294 Å². The second-order valence-corrected chi connectivity index (χ2v) is 24.5. The highest BCUT2D eigenvalue weighted by molar-refractivity contribution is 7.45. The number of hydrogen-bond acceptors (Lipinski definition) is 6. The molecule has 0 aromatic heterocycles. The normalized spacial score (nSPS) is 14.1. The summed E-state index contributed by atoms with van der Waals surface area (Å²) in [6, 6.07) is -0.891. The first-order valence-electron chi connectivity index (χ1n) is 32.0. The van der Waals surface area contributed by atoms with Gasteiger partial charge >= 0.3 is 0 Å². The average Bonchev–Trinajstić information content (AvgIpc) is 3.36. The molecule has 0 aliphatic carbocycles. The minimum Gasteiger partial charge on any atom is -0.756 e. The van der Waals surface area contributed by atoms with Crippen LogP contribution in [0, 0.1) is 0 Å². The molecule has 0 aliphatic heterocycles. The first kappa shape index (κ1) is 72.5. The highest BCUT2D eigenvalue weighted by atomic mass is 31.2. The summed E-state index contributed by atoms with van der Waals surface area (Å²) in [4.78, 5) is 25.6. The lowest BCUT2D eigenvalue weighted by Crippen LogP contribution is -2.45. The second-order valence-electron chi connectivity index (χ2n) is 23.1. The molecule has 0 fully saturated rings. The van der Waals surface area contributed by atoms with Crippen LogP contribution in [0.15, 0.2) is 48.6 Å². The standard InChI is InChI=1S/C65H125N2O6P/c1-6-8-10-12-14-16-18-20-22-24-26-28-30-32-33-35-36-38-40-42-44-46-48-50-52-54-56-58-64(68)63(62-73-74(70,71)72-61-60-67(3,4)5)66-65(69)59-57-55-53-51-49-47-45-43-41-39-37-34-31-29-27-25-23-21-19-17-15-13-11-9-7-2/h19,21,25,27,31,34,56,58,63-64,68H,6-18,20,22-24,26,28-30,32-33,35-55,57,59-62H2,1-5H3,(H-,66,69,70,71)/b21-19-,27-25-,34-31-,58-56+. The molecule has 0 bridgehead atoms. The minimum atomic E-state index is -4.60. The zero-order valence-electron chi connectivity index (χ0n) is 49.8. The summed E-state index contributed by atoms with van der Waals surface area (Å²) in [5, 5.41) is 13.9. The highest BCUT2D eigenvalue weighted by Crippen LogP contribution is 2.38. The van der Waals surface area contributed by atoms with Gasteiger partial charge < -0.3 is 28.8 Å². The van der Waals surface area contributed by atoms with Gasteiger partial charge in [0.2, 0.25) is 5.91 Å². The molecule has 3 unspecified atom stereocenters. The van der Waals surface area contributed by atoms with Crippen molar-refractivity contribution in [2.24, 2.45) is 0 Å². The van der Waals surface area contributed by atoms with Crippen LogP contribution in [0.1, 0.15) is 309 Å². The lowest BCUT2D eigenvalue weighted by molar-refractivity contribution is -0.870. The van der Waals surface area contributed by atoms with Gasteiger partial charge in [-0.15, -0.1) is 0 Å². The Kier molecular flexibility index (Phi) is 55.0. The molecule has 0 radical (unpaired) electrons. The van der Waals surface area contributed by atoms with E-state index in [1.165, 1.54) is 238 Å². The van der Waals surface area contributed by atoms with Crippen molar-refractivity contribution in [2.45, 2.75) is 321 Å². The Bertz CT molecular complexity index is 1340. The van der Waals surface area contributed by atoms with Crippen LogP contribution >= 0.6 is 7.82 Å². The Labute approximate surface area is 460 Å². The van der Waals surface area contributed by atoms with Gasteiger partial charge in [-0.2, -0.15) is 0 Å². The Morgan fingerprint density at radius 3 is 1.14 bits per heavy atom. The van der Waals surface area contributed by atoms with Crippen molar-refractivity contribution >= 4 is 13.7 Å². The molecule has 436 valence electrons. The molecule has 9 heteroatoms. The molecule has 8 nitrogen and oxygen atoms in total. The number of allylic oxidation sites excluding steroid dienone is 7. The summed E-state index contributed by atoms with van der Waals surface area (Å²) in [6.07, 6.45) is 74.9. The third-order valence-corrected chi connectivity index (χ3v) is 15.5. The number of amides is 1. The summed E-state index contributed by atoms with van der Waals surface area (Å²) in [5.74, 6) is -0.198. The molecular weight excluding hydrogens is 936 g/mol. The lowest BCUT2D eigenvalue weighted by atomic mass is 10.0. The number of carbonyl (C=O) groups is 1. The van der Waals surface area contributed by atoms with Gasteiger partial charge in [0.1, 0.15) is 13.2 Å². The number of unbranched alkanes of at least 4 members (excludes halogenated alkanes) is 40. The first-order valence-corrected chi connectivity index (χ1v) is 33.5. The van der Waals surface area contributed by atoms with E-state index in [1.54, 1.807) is 6.08 Å². The van der Waals surface area contributed by atoms with Crippen molar-refractivity contribution in [3.63, 3.8) is 0 Å². The maximum atomic E-state index is 13.0. The number of carbonyl (C=O) groups excluding carboxylic acids is 1. The van der Waals surface area contributed by atoms with E-state index in [9.17, 15) is 19.4 Å². The first-order chi connectivity index (χ1) is 36.0. The summed E-state index contributed by atoms with van der Waals surface area (Å²) in [6.45, 7) is 4.67. The van der Waals surface area contributed by atoms with Crippen molar-refractivity contribution in [3.05, 3.63) is 48.6 Å². The summed E-state index contributed by atoms with van der Waals surface area (Å²) >= 11 is 0. The summed E-state index contributed by atoms with van der Waals surface area (Å²) in [7, 11) is 1.26. The van der Waals surface area contributed by atoms with Gasteiger partial charge in [0.25, 0.3) is 7.82 Å². The predicted molar refractivity (Wildman–Crippen MR) is 321 cm³/mol. The zero-order chi connectivity index (χ0) is 54.2. The monoisotopic (exact) mass is 1060 g/mol. The van der Waals surface area contributed by atoms with E-state index in [1.807, 2.05) is 27.2 Å². The number of rotatable bonds is 59. The Morgan fingerprint density at radius 2 is 0.784 bits per heavy atom. The molecule has 0 rings (SSSR count). The lowest BCUT2D eigenvalue weighted by Gasteiger charge is -2.29. The quantitative estimate of drug-likeness (QED) is 0.0272. The van der Waals surface area contributed by atoms with Crippen LogP contribution < -0.4 is 10.2 Å². The third-order valence-electron chi connectivity index (χ3n) is 14.5. The molecule has 0 aromatic carbocycles. The second kappa shape index (κ2) is 56.2. The third kappa shape index (κ3) is 58.1. The van der Waals surface area contributed by atoms with Crippen molar-refractivity contribution in [3.8, 4) is 0 Å². The van der Waals surface area contributed by atoms with Gasteiger partial charge in [-0.25, -0.2) is 0 Å². The van der Waals surface area contributed by atoms with Crippen LogP contribution in [0.25, 0.3) is 0 Å². The molecule has 0 saturated heterocycles. The topological polar surface area (TPSA) is 108 Å². The predicted octanol–water partition coefficient (Wildman–Crippen LogP) is 19.2. The van der Waals surface area contributed by atoms with Crippen molar-refractivity contribution in [1.82, 2.24) is 5.32 Å². The van der Waals surface area contributed by atoms with Crippen LogP contribution in [-0.4, -0.2) is 68.5 Å². The minimum absolute atomic E-state index is 0.00222. The Hall–Kier alpha value is -1.54. The Morgan fingerprint density at radius 1 is 0.473 bits per heavy atom. The van der Waals surface area contributed by atoms with Gasteiger partial charge in [0.05, 0.1) is 39.9 Å². The Balaban J connectivity index is 4.15. The van der Waals surface area contributed by atoms with Crippen LogP contribution in [0.3, 0.4) is 0 Å². The molecule has 0 aliphatic rings. The van der Waals surface area contributed by atoms with E-state index >= 15 is 0 Å². The van der Waals surface area contributed by atoms with Crippen molar-refractivity contribution in [1.29, 1.82) is 0 Å². The molecule has 0 aromatic rings. The fraction of sp³-hybridized carbons (Fsp3) is 0.862. The van der Waals surface area contributed by atoms with E-state index in [-0.39, 0.29) is 19.1 Å². The van der Waals surface area contributed by atoms with Crippen LogP contribution in [0.4, 0.5) is 0 Å². The fourth-order valence-corrected chi connectivity index (χ4v) is 10.2. The summed E-state index contributed by atoms with van der Waals surface area (Å²) < 4.78 is 23.4. The molecule has 74 heavy (non-hydrogen) atoms. The number of nitrogens with zero attached hydrogens (tertiary/aromatic N) is 1. The van der Waals surface area contributed by atoms with Crippen LogP contribution in [0.5, 0.6) is 0 Å². The molecule has 3 atom stereocenters. The number of nitrogens with one attached hydrogen (secondary N) is 1. The molecule has 2 N–H and O–H groups in total. The molecule has 1 amide bonds. The van der Waals surface area contributed by atoms with Gasteiger partial charge in [-0.05, 0) is 57.8 Å². The highest BCUT2D eigenvalue weighted by Gasteiger charge is 2.23. The fourth-order valence-electron chi connectivity index (χ4n) is 9.52. The SMILES string of the molecule is CCCCCCC/C=C\C/C=C\C/C=C\CCCCCCCCCCCCC(=O)NC(COP(=O)([O-])OCC[N+](C)(C)C)C(O)/C=C/CCCCCCCCCCCCCCCCCCCCCCCCCCC. The van der Waals surface area contributed by atoms with Gasteiger partial charge in [-0.3, -0.25) is 9.36 Å². The number of likely N-dealkylation sites (N-methyl/N-ethyl adjacent to an activating group) is 1. The zero-order valence-corrected chi connectivity index (χ0v) is 50.7. The molecule has 0 spiro atoms. The maximum absolute atomic E-state index is 13.0. The number of aliphatic hydroxyl groups excluding tert-OH is 1. The van der Waals surface area contributed by atoms with E-state index in [4.69, 9.17) is 9.05 Å². The van der Waals surface area contributed by atoms with E-state index in [0.717, 1.165) is 51.4 Å². The average molecular weight is 1060 g/mol. The van der Waals surface area contributed by atoms with Crippen molar-refractivity contribution in [2.75, 3.05) is 40.9 Å².